The van der Waals surface area contributed by atoms with Crippen molar-refractivity contribution in [1.82, 2.24) is 10.3 Å². The Kier molecular flexibility index (Phi) is 6.03. The van der Waals surface area contributed by atoms with Gasteiger partial charge in [0, 0.05) is 32.0 Å². The number of hydrogen-bond donors (Lipinski definition) is 2. The lowest BCUT2D eigenvalue weighted by Crippen LogP contribution is -2.27. The number of methoxy groups -OCH3 is 1. The van der Waals surface area contributed by atoms with Crippen LogP contribution in [0.5, 0.6) is 0 Å². The number of aromatic nitrogens is 1. The summed E-state index contributed by atoms with van der Waals surface area (Å²) in [6, 6.07) is 3.44. The lowest BCUT2D eigenvalue weighted by atomic mass is 10.2. The molecule has 1 aromatic heterocycles. The van der Waals surface area contributed by atoms with Crippen LogP contribution in [0.2, 0.25) is 0 Å². The van der Waals surface area contributed by atoms with Crippen LogP contribution in [0, 0.1) is 0 Å². The van der Waals surface area contributed by atoms with Crippen LogP contribution >= 0.6 is 0 Å². The van der Waals surface area contributed by atoms with E-state index in [-0.39, 0.29) is 5.91 Å². The number of pyridine rings is 1. The molecule has 0 aliphatic heterocycles. The van der Waals surface area contributed by atoms with Gasteiger partial charge in [-0.2, -0.15) is 0 Å². The van der Waals surface area contributed by atoms with Gasteiger partial charge in [0.15, 0.2) is 0 Å². The van der Waals surface area contributed by atoms with E-state index in [0.717, 1.165) is 18.8 Å². The molecular weight excluding hydrogens is 218 g/mol. The van der Waals surface area contributed by atoms with Gasteiger partial charge in [0.05, 0.1) is 6.61 Å². The number of ether oxygens (including phenoxy) is 1. The Bertz CT molecular complexity index is 355. The second kappa shape index (κ2) is 7.62. The van der Waals surface area contributed by atoms with Crippen LogP contribution in [-0.4, -0.2) is 37.7 Å². The number of nitrogens with zero attached hydrogens (tertiary/aromatic N) is 1. The summed E-state index contributed by atoms with van der Waals surface area (Å²) in [4.78, 5) is 15.9. The van der Waals surface area contributed by atoms with Gasteiger partial charge in [-0.05, 0) is 18.6 Å². The fourth-order valence-corrected chi connectivity index (χ4v) is 1.29. The fraction of sp³-hybridized carbons (Fsp3) is 0.500. The molecule has 0 aromatic carbocycles. The first kappa shape index (κ1) is 13.4. The van der Waals surface area contributed by atoms with Crippen molar-refractivity contribution in [3.8, 4) is 0 Å². The van der Waals surface area contributed by atoms with Gasteiger partial charge in [-0.25, -0.2) is 4.98 Å². The smallest absolute Gasteiger partial charge is 0.251 e. The van der Waals surface area contributed by atoms with Crippen LogP contribution in [0.25, 0.3) is 0 Å². The highest BCUT2D eigenvalue weighted by molar-refractivity contribution is 5.94. The number of rotatable bonds is 7. The zero-order valence-corrected chi connectivity index (χ0v) is 10.3. The number of nitrogens with one attached hydrogen (secondary N) is 2. The molecule has 0 radical (unpaired) electrons. The van der Waals surface area contributed by atoms with E-state index in [1.165, 1.54) is 0 Å². The Morgan fingerprint density at radius 1 is 1.47 bits per heavy atom. The molecule has 1 aromatic rings. The average Bonchev–Trinajstić information content (AvgIpc) is 2.37. The number of amides is 1. The van der Waals surface area contributed by atoms with E-state index in [0.29, 0.717) is 18.7 Å². The minimum Gasteiger partial charge on any atom is -0.383 e. The third kappa shape index (κ3) is 4.82. The molecule has 0 fully saturated rings. The minimum atomic E-state index is -0.107. The molecule has 0 bridgehead atoms. The molecule has 5 nitrogen and oxygen atoms in total. The van der Waals surface area contributed by atoms with Crippen LogP contribution in [-0.2, 0) is 4.74 Å². The summed E-state index contributed by atoms with van der Waals surface area (Å²) in [6.07, 6.45) is 2.65. The maximum atomic E-state index is 11.7. The lowest BCUT2D eigenvalue weighted by Gasteiger charge is -2.07. The SMILES string of the molecule is CCCNc1cc(C(=O)NCCOC)ccn1. The molecule has 0 aliphatic rings. The predicted molar refractivity (Wildman–Crippen MR) is 67.2 cm³/mol. The zero-order chi connectivity index (χ0) is 12.5. The van der Waals surface area contributed by atoms with Gasteiger partial charge >= 0.3 is 0 Å². The van der Waals surface area contributed by atoms with Crippen LogP contribution in [0.15, 0.2) is 18.3 Å². The predicted octanol–water partition coefficient (Wildman–Crippen LogP) is 1.28. The van der Waals surface area contributed by atoms with Crippen molar-refractivity contribution in [2.24, 2.45) is 0 Å². The number of carbonyl (C=O) groups excluding carboxylic acids is 1. The van der Waals surface area contributed by atoms with E-state index in [9.17, 15) is 4.79 Å². The number of carbonyl (C=O) groups is 1. The Balaban J connectivity index is 2.54. The topological polar surface area (TPSA) is 63.2 Å². The summed E-state index contributed by atoms with van der Waals surface area (Å²) in [6.45, 7) is 3.95. The third-order valence-electron chi connectivity index (χ3n) is 2.17. The van der Waals surface area contributed by atoms with Crippen molar-refractivity contribution < 1.29 is 9.53 Å². The van der Waals surface area contributed by atoms with Gasteiger partial charge in [-0.15, -0.1) is 0 Å². The van der Waals surface area contributed by atoms with E-state index in [4.69, 9.17) is 4.74 Å². The Labute approximate surface area is 102 Å². The summed E-state index contributed by atoms with van der Waals surface area (Å²) in [5, 5.41) is 5.90. The first-order valence-electron chi connectivity index (χ1n) is 5.75. The first-order chi connectivity index (χ1) is 8.27. The van der Waals surface area contributed by atoms with Crippen molar-refractivity contribution in [1.29, 1.82) is 0 Å². The summed E-state index contributed by atoms with van der Waals surface area (Å²) in [7, 11) is 1.60. The van der Waals surface area contributed by atoms with E-state index < -0.39 is 0 Å². The first-order valence-corrected chi connectivity index (χ1v) is 5.75. The van der Waals surface area contributed by atoms with E-state index in [1.54, 1.807) is 25.4 Å². The van der Waals surface area contributed by atoms with Gasteiger partial charge in [-0.3, -0.25) is 4.79 Å². The standard InChI is InChI=1S/C12H19N3O2/c1-3-5-13-11-9-10(4-6-14-11)12(16)15-7-8-17-2/h4,6,9H,3,5,7-8H2,1-2H3,(H,13,14)(H,15,16). The summed E-state index contributed by atoms with van der Waals surface area (Å²) >= 11 is 0. The van der Waals surface area contributed by atoms with Gasteiger partial charge in [0.1, 0.15) is 5.82 Å². The monoisotopic (exact) mass is 237 g/mol. The molecule has 0 unspecified atom stereocenters. The molecule has 0 saturated heterocycles. The molecule has 0 aliphatic carbocycles. The molecule has 0 spiro atoms. The Morgan fingerprint density at radius 3 is 3.00 bits per heavy atom. The van der Waals surface area contributed by atoms with Crippen molar-refractivity contribution in [2.45, 2.75) is 13.3 Å². The summed E-state index contributed by atoms with van der Waals surface area (Å²) in [5.41, 5.74) is 0.606. The highest BCUT2D eigenvalue weighted by atomic mass is 16.5. The fourth-order valence-electron chi connectivity index (χ4n) is 1.29. The summed E-state index contributed by atoms with van der Waals surface area (Å²) in [5.74, 6) is 0.621. The van der Waals surface area contributed by atoms with Crippen LogP contribution in [0.1, 0.15) is 23.7 Å². The van der Waals surface area contributed by atoms with E-state index in [2.05, 4.69) is 22.5 Å². The van der Waals surface area contributed by atoms with Crippen LogP contribution in [0.3, 0.4) is 0 Å². The zero-order valence-electron chi connectivity index (χ0n) is 10.3. The van der Waals surface area contributed by atoms with Crippen molar-refractivity contribution >= 4 is 11.7 Å². The highest BCUT2D eigenvalue weighted by Gasteiger charge is 2.05. The molecule has 1 amide bonds. The largest absolute Gasteiger partial charge is 0.383 e. The third-order valence-corrected chi connectivity index (χ3v) is 2.17. The highest BCUT2D eigenvalue weighted by Crippen LogP contribution is 2.06. The molecular formula is C12H19N3O2. The van der Waals surface area contributed by atoms with Gasteiger partial charge in [0.2, 0.25) is 0 Å². The van der Waals surface area contributed by atoms with Crippen molar-refractivity contribution in [3.05, 3.63) is 23.9 Å². The summed E-state index contributed by atoms with van der Waals surface area (Å²) < 4.78 is 4.87. The molecule has 5 heteroatoms. The van der Waals surface area contributed by atoms with E-state index in [1.807, 2.05) is 0 Å². The van der Waals surface area contributed by atoms with E-state index >= 15 is 0 Å². The van der Waals surface area contributed by atoms with Gasteiger partial charge < -0.3 is 15.4 Å². The van der Waals surface area contributed by atoms with Gasteiger partial charge in [-0.1, -0.05) is 6.92 Å². The maximum Gasteiger partial charge on any atom is 0.251 e. The number of anilines is 1. The second-order valence-corrected chi connectivity index (χ2v) is 3.61. The van der Waals surface area contributed by atoms with Crippen LogP contribution < -0.4 is 10.6 Å². The molecule has 2 N–H and O–H groups in total. The minimum absolute atomic E-state index is 0.107. The Hall–Kier alpha value is -1.62. The molecule has 0 atom stereocenters. The quantitative estimate of drug-likeness (QED) is 0.701. The number of hydrogen-bond acceptors (Lipinski definition) is 4. The second-order valence-electron chi connectivity index (χ2n) is 3.61. The molecule has 0 saturated carbocycles. The molecule has 1 heterocycles. The maximum absolute atomic E-state index is 11.7. The van der Waals surface area contributed by atoms with Gasteiger partial charge in [0.25, 0.3) is 5.91 Å². The normalized spacial score (nSPS) is 10.0. The lowest BCUT2D eigenvalue weighted by molar-refractivity contribution is 0.0937. The van der Waals surface area contributed by atoms with Crippen molar-refractivity contribution in [2.75, 3.05) is 32.1 Å². The molecule has 1 rings (SSSR count). The average molecular weight is 237 g/mol. The molecule has 17 heavy (non-hydrogen) atoms. The molecule has 94 valence electrons. The van der Waals surface area contributed by atoms with Crippen LogP contribution in [0.4, 0.5) is 5.82 Å². The van der Waals surface area contributed by atoms with Crippen molar-refractivity contribution in [3.63, 3.8) is 0 Å². The Morgan fingerprint density at radius 2 is 2.29 bits per heavy atom.